The molecule has 1 N–H and O–H groups in total. The third kappa shape index (κ3) is 2.90. The van der Waals surface area contributed by atoms with Crippen LogP contribution in [0.2, 0.25) is 0 Å². The molecule has 110 valence electrons. The van der Waals surface area contributed by atoms with Gasteiger partial charge < -0.3 is 14.7 Å². The van der Waals surface area contributed by atoms with Crippen LogP contribution in [0, 0.1) is 0 Å². The second-order valence-corrected chi connectivity index (χ2v) is 4.56. The van der Waals surface area contributed by atoms with Gasteiger partial charge in [0.05, 0.1) is 13.2 Å². The lowest BCUT2D eigenvalue weighted by Crippen LogP contribution is -2.64. The van der Waals surface area contributed by atoms with Crippen LogP contribution in [0.4, 0.5) is 5.69 Å². The highest BCUT2D eigenvalue weighted by atomic mass is 16.5. The number of anilines is 1. The van der Waals surface area contributed by atoms with Crippen molar-refractivity contribution in [3.05, 3.63) is 34.7 Å². The number of β-lactam (4-membered cyclic amide) rings is 1. The van der Waals surface area contributed by atoms with Gasteiger partial charge in [0, 0.05) is 17.0 Å². The molecule has 8 nitrogen and oxygen atoms in total. The maximum atomic E-state index is 12.0. The third-order valence-electron chi connectivity index (χ3n) is 3.37. The Hall–Kier alpha value is -2.73. The summed E-state index contributed by atoms with van der Waals surface area (Å²) in [4.78, 5) is 26.8. The lowest BCUT2D eigenvalue weighted by Gasteiger charge is -2.45. The highest BCUT2D eigenvalue weighted by molar-refractivity contribution is 6.05. The van der Waals surface area contributed by atoms with E-state index in [-0.39, 0.29) is 18.7 Å². The molecule has 0 radical (unpaired) electrons. The van der Waals surface area contributed by atoms with Gasteiger partial charge in [0.2, 0.25) is 5.91 Å². The average molecular weight is 290 g/mol. The van der Waals surface area contributed by atoms with Gasteiger partial charge in [-0.05, 0) is 36.2 Å². The van der Waals surface area contributed by atoms with E-state index in [9.17, 15) is 9.59 Å². The minimum Gasteiger partial charge on any atom is -0.497 e. The fourth-order valence-corrected chi connectivity index (χ4v) is 2.33. The maximum Gasteiger partial charge on any atom is 0.303 e. The van der Waals surface area contributed by atoms with Gasteiger partial charge in [-0.15, -0.1) is 0 Å². The Balaban J connectivity index is 2.20. The van der Waals surface area contributed by atoms with E-state index in [1.165, 1.54) is 12.0 Å². The molecule has 2 atom stereocenters. The van der Waals surface area contributed by atoms with Crippen LogP contribution in [0.3, 0.4) is 0 Å². The van der Waals surface area contributed by atoms with Gasteiger partial charge in [0.1, 0.15) is 11.8 Å². The largest absolute Gasteiger partial charge is 0.497 e. The molecule has 1 aromatic rings. The number of rotatable bonds is 6. The molecule has 1 aliphatic heterocycles. The molecule has 1 saturated heterocycles. The van der Waals surface area contributed by atoms with Gasteiger partial charge in [0.25, 0.3) is 0 Å². The number of hydrogen-bond acceptors (Lipinski definition) is 4. The molecule has 1 heterocycles. The van der Waals surface area contributed by atoms with E-state index >= 15 is 0 Å². The molecule has 1 amide bonds. The van der Waals surface area contributed by atoms with E-state index in [0.29, 0.717) is 11.4 Å². The van der Waals surface area contributed by atoms with Crippen LogP contribution in [0.25, 0.3) is 10.4 Å². The zero-order valence-electron chi connectivity index (χ0n) is 11.3. The standard InChI is InChI=1S/C13H14N4O4/c1-21-9-4-2-8(3-5-9)17-10(6-7-11(18)19)12(13(17)20)15-16-14/h2-5,10,12H,6-7H2,1H3,(H,18,19)/t10-,12+/m1/s1. The molecular weight excluding hydrogens is 276 g/mol. The number of ether oxygens (including phenoxy) is 1. The zero-order valence-corrected chi connectivity index (χ0v) is 11.3. The second kappa shape index (κ2) is 6.15. The van der Waals surface area contributed by atoms with Crippen LogP contribution in [-0.4, -0.2) is 36.2 Å². The van der Waals surface area contributed by atoms with Gasteiger partial charge in [-0.1, -0.05) is 5.11 Å². The van der Waals surface area contributed by atoms with Crippen LogP contribution in [0.1, 0.15) is 12.8 Å². The van der Waals surface area contributed by atoms with E-state index in [1.54, 1.807) is 24.3 Å². The number of carboxylic acid groups (broad SMARTS) is 1. The molecule has 0 unspecified atom stereocenters. The Labute approximate surface area is 120 Å². The van der Waals surface area contributed by atoms with Gasteiger partial charge in [0.15, 0.2) is 0 Å². The summed E-state index contributed by atoms with van der Waals surface area (Å²) in [5, 5.41) is 12.2. The summed E-state index contributed by atoms with van der Waals surface area (Å²) in [6, 6.07) is 5.55. The normalized spacial score (nSPS) is 20.4. The molecule has 1 fully saturated rings. The van der Waals surface area contributed by atoms with Gasteiger partial charge in [-0.3, -0.25) is 9.59 Å². The lowest BCUT2D eigenvalue weighted by atomic mass is 9.90. The Bertz CT molecular complexity index is 595. The summed E-state index contributed by atoms with van der Waals surface area (Å²) in [6.07, 6.45) is 0.138. The Kier molecular flexibility index (Phi) is 4.30. The molecule has 0 saturated carbocycles. The molecule has 0 aromatic heterocycles. The van der Waals surface area contributed by atoms with Crippen LogP contribution in [0.15, 0.2) is 29.4 Å². The summed E-state index contributed by atoms with van der Waals surface area (Å²) < 4.78 is 5.05. The Morgan fingerprint density at radius 1 is 1.48 bits per heavy atom. The summed E-state index contributed by atoms with van der Waals surface area (Å²) in [6.45, 7) is 0. The monoisotopic (exact) mass is 290 g/mol. The van der Waals surface area contributed by atoms with Crippen LogP contribution < -0.4 is 9.64 Å². The minimum atomic E-state index is -0.955. The number of azide groups is 1. The predicted molar refractivity (Wildman–Crippen MR) is 74.1 cm³/mol. The third-order valence-corrected chi connectivity index (χ3v) is 3.37. The molecule has 2 rings (SSSR count). The molecule has 21 heavy (non-hydrogen) atoms. The first-order chi connectivity index (χ1) is 10.1. The quantitative estimate of drug-likeness (QED) is 0.373. The topological polar surface area (TPSA) is 116 Å². The number of nitrogens with zero attached hydrogens (tertiary/aromatic N) is 4. The summed E-state index contributed by atoms with van der Waals surface area (Å²) >= 11 is 0. The van der Waals surface area contributed by atoms with Gasteiger partial charge >= 0.3 is 5.97 Å². The Morgan fingerprint density at radius 2 is 2.14 bits per heavy atom. The van der Waals surface area contributed by atoms with E-state index < -0.39 is 18.1 Å². The summed E-state index contributed by atoms with van der Waals surface area (Å²) in [5.74, 6) is -0.627. The number of benzene rings is 1. The molecule has 0 bridgehead atoms. The summed E-state index contributed by atoms with van der Waals surface area (Å²) in [7, 11) is 1.54. The molecule has 1 aromatic carbocycles. The maximum absolute atomic E-state index is 12.0. The number of amides is 1. The van der Waals surface area contributed by atoms with Crippen LogP contribution in [0.5, 0.6) is 5.75 Å². The lowest BCUT2D eigenvalue weighted by molar-refractivity contribution is -0.138. The average Bonchev–Trinajstić information content (AvgIpc) is 2.49. The van der Waals surface area contributed by atoms with Crippen molar-refractivity contribution in [2.45, 2.75) is 24.9 Å². The van der Waals surface area contributed by atoms with Crippen LogP contribution >= 0.6 is 0 Å². The first-order valence-electron chi connectivity index (χ1n) is 6.31. The first kappa shape index (κ1) is 14.7. The number of hydrogen-bond donors (Lipinski definition) is 1. The molecule has 0 aliphatic carbocycles. The highest BCUT2D eigenvalue weighted by Gasteiger charge is 2.47. The fourth-order valence-electron chi connectivity index (χ4n) is 2.33. The summed E-state index contributed by atoms with van der Waals surface area (Å²) in [5.41, 5.74) is 9.12. The van der Waals surface area contributed by atoms with Crippen molar-refractivity contribution in [2.75, 3.05) is 12.0 Å². The van der Waals surface area contributed by atoms with Crippen molar-refractivity contribution >= 4 is 17.6 Å². The number of aliphatic carboxylic acids is 1. The zero-order chi connectivity index (χ0) is 15.4. The molecule has 8 heteroatoms. The second-order valence-electron chi connectivity index (χ2n) is 4.56. The predicted octanol–water partition coefficient (Wildman–Crippen LogP) is 1.95. The van der Waals surface area contributed by atoms with E-state index in [0.717, 1.165) is 0 Å². The fraction of sp³-hybridized carbons (Fsp3) is 0.385. The number of carbonyl (C=O) groups excluding carboxylic acids is 1. The smallest absolute Gasteiger partial charge is 0.303 e. The van der Waals surface area contributed by atoms with Crippen molar-refractivity contribution in [2.24, 2.45) is 5.11 Å². The molecule has 0 spiro atoms. The molecule has 1 aliphatic rings. The SMILES string of the molecule is COc1ccc(N2C(=O)[C@@H](N=[N+]=[N-])[C@H]2CCC(=O)O)cc1. The highest BCUT2D eigenvalue weighted by Crippen LogP contribution is 2.33. The van der Waals surface area contributed by atoms with Crippen molar-refractivity contribution < 1.29 is 19.4 Å². The van der Waals surface area contributed by atoms with E-state index in [4.69, 9.17) is 15.4 Å². The Morgan fingerprint density at radius 3 is 2.67 bits per heavy atom. The van der Waals surface area contributed by atoms with Crippen LogP contribution in [-0.2, 0) is 9.59 Å². The number of carbonyl (C=O) groups is 2. The van der Waals surface area contributed by atoms with E-state index in [1.807, 2.05) is 0 Å². The van der Waals surface area contributed by atoms with Gasteiger partial charge in [-0.2, -0.15) is 0 Å². The minimum absolute atomic E-state index is 0.0952. The number of methoxy groups -OCH3 is 1. The van der Waals surface area contributed by atoms with Crippen molar-refractivity contribution in [1.82, 2.24) is 0 Å². The van der Waals surface area contributed by atoms with Crippen molar-refractivity contribution in [3.63, 3.8) is 0 Å². The van der Waals surface area contributed by atoms with Crippen molar-refractivity contribution in [3.8, 4) is 5.75 Å². The van der Waals surface area contributed by atoms with Gasteiger partial charge in [-0.25, -0.2) is 0 Å². The molecular formula is C13H14N4O4. The number of carboxylic acids is 1. The van der Waals surface area contributed by atoms with E-state index in [2.05, 4.69) is 10.0 Å². The van der Waals surface area contributed by atoms with Crippen molar-refractivity contribution in [1.29, 1.82) is 0 Å². The first-order valence-corrected chi connectivity index (χ1v) is 6.31.